The molecule has 0 aliphatic carbocycles. The Hall–Kier alpha value is -1.97. The Morgan fingerprint density at radius 3 is 2.60 bits per heavy atom. The van der Waals surface area contributed by atoms with E-state index >= 15 is 0 Å². The molecule has 0 spiro atoms. The van der Waals surface area contributed by atoms with Crippen molar-refractivity contribution in [3.05, 3.63) is 35.7 Å². The molecule has 2 aromatic heterocycles. The Bertz CT molecular complexity index is 549. The number of pyridine rings is 1. The molecular weight excluding hydrogens is 248 g/mol. The Balaban J connectivity index is 2.34. The van der Waals surface area contributed by atoms with Gasteiger partial charge < -0.3 is 5.32 Å². The summed E-state index contributed by atoms with van der Waals surface area (Å²) in [4.78, 5) is 13.6. The number of hydrogen-bond donors (Lipinski definition) is 1. The van der Waals surface area contributed by atoms with Crippen molar-refractivity contribution in [2.45, 2.75) is 40.0 Å². The van der Waals surface area contributed by atoms with Crippen molar-refractivity contribution >= 4 is 5.82 Å². The van der Waals surface area contributed by atoms with Gasteiger partial charge in [0.1, 0.15) is 11.5 Å². The predicted octanol–water partition coefficient (Wildman–Crippen LogP) is 3.62. The first-order valence-corrected chi connectivity index (χ1v) is 7.27. The highest BCUT2D eigenvalue weighted by Crippen LogP contribution is 2.17. The largest absolute Gasteiger partial charge is 0.370 e. The highest BCUT2D eigenvalue weighted by Gasteiger charge is 2.07. The third-order valence-electron chi connectivity index (χ3n) is 2.98. The molecule has 0 unspecified atom stereocenters. The Labute approximate surface area is 120 Å². The van der Waals surface area contributed by atoms with E-state index in [9.17, 15) is 0 Å². The van der Waals surface area contributed by atoms with Gasteiger partial charge in [0.05, 0.1) is 0 Å². The summed E-state index contributed by atoms with van der Waals surface area (Å²) in [6.45, 7) is 7.25. The molecule has 2 aromatic rings. The van der Waals surface area contributed by atoms with E-state index in [4.69, 9.17) is 0 Å². The fraction of sp³-hybridized carbons (Fsp3) is 0.438. The van der Waals surface area contributed by atoms with E-state index in [1.165, 1.54) is 0 Å². The Morgan fingerprint density at radius 2 is 1.95 bits per heavy atom. The van der Waals surface area contributed by atoms with Crippen molar-refractivity contribution < 1.29 is 0 Å². The molecule has 0 saturated carbocycles. The van der Waals surface area contributed by atoms with Crippen molar-refractivity contribution in [1.82, 2.24) is 15.0 Å². The highest BCUT2D eigenvalue weighted by molar-refractivity contribution is 5.53. The monoisotopic (exact) mass is 270 g/mol. The van der Waals surface area contributed by atoms with Gasteiger partial charge in [0, 0.05) is 24.5 Å². The van der Waals surface area contributed by atoms with Crippen LogP contribution in [-0.4, -0.2) is 21.5 Å². The zero-order chi connectivity index (χ0) is 14.4. The van der Waals surface area contributed by atoms with Crippen molar-refractivity contribution in [3.63, 3.8) is 0 Å². The van der Waals surface area contributed by atoms with Crippen LogP contribution >= 0.6 is 0 Å². The molecule has 1 N–H and O–H groups in total. The van der Waals surface area contributed by atoms with E-state index in [1.807, 2.05) is 31.3 Å². The van der Waals surface area contributed by atoms with Crippen molar-refractivity contribution in [2.75, 3.05) is 11.9 Å². The van der Waals surface area contributed by atoms with Gasteiger partial charge in [0.25, 0.3) is 0 Å². The van der Waals surface area contributed by atoms with Crippen LogP contribution in [0.3, 0.4) is 0 Å². The van der Waals surface area contributed by atoms with Gasteiger partial charge >= 0.3 is 0 Å². The SMILES string of the molecule is CCCNc1cc(CCC)nc(-c2ccc(C)cn2)n1. The summed E-state index contributed by atoms with van der Waals surface area (Å²) in [5, 5.41) is 3.34. The zero-order valence-corrected chi connectivity index (χ0v) is 12.5. The fourth-order valence-electron chi connectivity index (χ4n) is 1.94. The molecule has 0 radical (unpaired) electrons. The predicted molar refractivity (Wildman–Crippen MR) is 82.8 cm³/mol. The van der Waals surface area contributed by atoms with E-state index in [-0.39, 0.29) is 0 Å². The van der Waals surface area contributed by atoms with Gasteiger partial charge in [-0.15, -0.1) is 0 Å². The second kappa shape index (κ2) is 6.98. The summed E-state index contributed by atoms with van der Waals surface area (Å²) >= 11 is 0. The number of anilines is 1. The molecule has 0 saturated heterocycles. The van der Waals surface area contributed by atoms with Gasteiger partial charge in [-0.25, -0.2) is 9.97 Å². The maximum atomic E-state index is 4.62. The summed E-state index contributed by atoms with van der Waals surface area (Å²) < 4.78 is 0. The van der Waals surface area contributed by atoms with Gasteiger partial charge in [0.15, 0.2) is 5.82 Å². The number of hydrogen-bond acceptors (Lipinski definition) is 4. The van der Waals surface area contributed by atoms with Crippen LogP contribution in [0.4, 0.5) is 5.82 Å². The topological polar surface area (TPSA) is 50.7 Å². The van der Waals surface area contributed by atoms with Crippen LogP contribution in [-0.2, 0) is 6.42 Å². The molecule has 0 amide bonds. The third-order valence-corrected chi connectivity index (χ3v) is 2.98. The average molecular weight is 270 g/mol. The lowest BCUT2D eigenvalue weighted by Crippen LogP contribution is -2.06. The summed E-state index contributed by atoms with van der Waals surface area (Å²) in [6.07, 6.45) is 4.96. The smallest absolute Gasteiger partial charge is 0.180 e. The quantitative estimate of drug-likeness (QED) is 0.871. The second-order valence-electron chi connectivity index (χ2n) is 4.97. The molecule has 4 heteroatoms. The van der Waals surface area contributed by atoms with E-state index in [2.05, 4.69) is 34.1 Å². The minimum atomic E-state index is 0.703. The van der Waals surface area contributed by atoms with Crippen LogP contribution in [0, 0.1) is 6.92 Å². The molecule has 0 aliphatic heterocycles. The standard InChI is InChI=1S/C16H22N4/c1-4-6-13-10-15(17-9-5-2)20-16(19-13)14-8-7-12(3)11-18-14/h7-8,10-11H,4-6,9H2,1-3H3,(H,17,19,20). The van der Waals surface area contributed by atoms with Crippen LogP contribution in [0.15, 0.2) is 24.4 Å². The summed E-state index contributed by atoms with van der Waals surface area (Å²) in [5.41, 5.74) is 3.04. The van der Waals surface area contributed by atoms with Crippen molar-refractivity contribution in [3.8, 4) is 11.5 Å². The van der Waals surface area contributed by atoms with Gasteiger partial charge in [-0.05, 0) is 31.4 Å². The summed E-state index contributed by atoms with van der Waals surface area (Å²) in [5.74, 6) is 1.59. The van der Waals surface area contributed by atoms with Crippen LogP contribution in [0.25, 0.3) is 11.5 Å². The summed E-state index contributed by atoms with van der Waals surface area (Å²) in [6, 6.07) is 6.05. The maximum absolute atomic E-state index is 4.62. The number of rotatable bonds is 6. The van der Waals surface area contributed by atoms with Gasteiger partial charge in [-0.2, -0.15) is 0 Å². The minimum Gasteiger partial charge on any atom is -0.370 e. The number of nitrogens with one attached hydrogen (secondary N) is 1. The number of nitrogens with zero attached hydrogens (tertiary/aromatic N) is 3. The van der Waals surface area contributed by atoms with Gasteiger partial charge in [-0.3, -0.25) is 4.98 Å². The second-order valence-corrected chi connectivity index (χ2v) is 4.97. The van der Waals surface area contributed by atoms with E-state index < -0.39 is 0 Å². The fourth-order valence-corrected chi connectivity index (χ4v) is 1.94. The Morgan fingerprint density at radius 1 is 1.10 bits per heavy atom. The molecule has 2 heterocycles. The molecule has 2 rings (SSSR count). The molecule has 0 aliphatic rings. The Kier molecular flexibility index (Phi) is 5.04. The maximum Gasteiger partial charge on any atom is 0.180 e. The molecule has 4 nitrogen and oxygen atoms in total. The first kappa shape index (κ1) is 14.4. The molecule has 20 heavy (non-hydrogen) atoms. The van der Waals surface area contributed by atoms with Crippen LogP contribution in [0.2, 0.25) is 0 Å². The van der Waals surface area contributed by atoms with Gasteiger partial charge in [-0.1, -0.05) is 26.3 Å². The van der Waals surface area contributed by atoms with Crippen molar-refractivity contribution in [2.24, 2.45) is 0 Å². The van der Waals surface area contributed by atoms with Crippen LogP contribution < -0.4 is 5.32 Å². The van der Waals surface area contributed by atoms with E-state index in [1.54, 1.807) is 0 Å². The number of aryl methyl sites for hydroxylation is 2. The van der Waals surface area contributed by atoms with Crippen LogP contribution in [0.5, 0.6) is 0 Å². The van der Waals surface area contributed by atoms with E-state index in [0.29, 0.717) is 5.82 Å². The molecule has 0 atom stereocenters. The lowest BCUT2D eigenvalue weighted by atomic mass is 10.2. The lowest BCUT2D eigenvalue weighted by Gasteiger charge is -2.09. The van der Waals surface area contributed by atoms with Crippen molar-refractivity contribution in [1.29, 1.82) is 0 Å². The normalized spacial score (nSPS) is 10.6. The summed E-state index contributed by atoms with van der Waals surface area (Å²) in [7, 11) is 0. The highest BCUT2D eigenvalue weighted by atomic mass is 15.0. The molecule has 106 valence electrons. The number of aromatic nitrogens is 3. The third kappa shape index (κ3) is 3.76. The molecule has 0 fully saturated rings. The van der Waals surface area contributed by atoms with Gasteiger partial charge in [0.2, 0.25) is 0 Å². The molecule has 0 bridgehead atoms. The average Bonchev–Trinajstić information content (AvgIpc) is 2.46. The first-order chi connectivity index (χ1) is 9.72. The van der Waals surface area contributed by atoms with E-state index in [0.717, 1.165) is 48.6 Å². The van der Waals surface area contributed by atoms with Crippen LogP contribution in [0.1, 0.15) is 37.9 Å². The minimum absolute atomic E-state index is 0.703. The lowest BCUT2D eigenvalue weighted by molar-refractivity contribution is 0.871. The molecular formula is C16H22N4. The first-order valence-electron chi connectivity index (χ1n) is 7.27. The molecule has 0 aromatic carbocycles. The zero-order valence-electron chi connectivity index (χ0n) is 12.5.